The van der Waals surface area contributed by atoms with Crippen LogP contribution < -0.4 is 5.32 Å². The van der Waals surface area contributed by atoms with Crippen LogP contribution in [0, 0.1) is 5.92 Å². The van der Waals surface area contributed by atoms with E-state index >= 15 is 0 Å². The van der Waals surface area contributed by atoms with Crippen molar-refractivity contribution in [3.05, 3.63) is 0 Å². The average molecular weight is 207 g/mol. The second-order valence-corrected chi connectivity index (χ2v) is 5.32. The van der Waals surface area contributed by atoms with Gasteiger partial charge in [-0.2, -0.15) is 11.8 Å². The highest BCUT2D eigenvalue weighted by molar-refractivity contribution is 7.99. The van der Waals surface area contributed by atoms with Crippen molar-refractivity contribution in [1.29, 1.82) is 0 Å². The predicted molar refractivity (Wildman–Crippen MR) is 51.4 cm³/mol. The van der Waals surface area contributed by atoms with Gasteiger partial charge in [-0.15, -0.1) is 0 Å². The van der Waals surface area contributed by atoms with E-state index in [1.807, 2.05) is 11.8 Å². The summed E-state index contributed by atoms with van der Waals surface area (Å²) in [5.41, 5.74) is 0. The fraction of sp³-hybridized carbons (Fsp3) is 1.00. The summed E-state index contributed by atoms with van der Waals surface area (Å²) in [5.74, 6) is 0.510. The van der Waals surface area contributed by atoms with Gasteiger partial charge < -0.3 is 5.32 Å². The first kappa shape index (κ1) is 9.71. The van der Waals surface area contributed by atoms with Crippen LogP contribution in [0.15, 0.2) is 0 Å². The molecule has 2 rings (SSSR count). The molecule has 13 heavy (non-hydrogen) atoms. The number of halogens is 2. The first-order chi connectivity index (χ1) is 6.07. The van der Waals surface area contributed by atoms with E-state index in [1.54, 1.807) is 0 Å². The standard InChI is InChI=1S/C9H15F2NS/c1-6-4-13-5-8(6)12-7-2-9(10,11)3-7/h6-8,12H,2-5H2,1H3. The molecule has 1 aliphatic carbocycles. The van der Waals surface area contributed by atoms with Crippen LogP contribution in [-0.4, -0.2) is 29.5 Å². The zero-order valence-electron chi connectivity index (χ0n) is 7.72. The summed E-state index contributed by atoms with van der Waals surface area (Å²) < 4.78 is 25.0. The van der Waals surface area contributed by atoms with Crippen molar-refractivity contribution in [2.45, 2.75) is 37.8 Å². The third-order valence-electron chi connectivity index (χ3n) is 2.90. The third kappa shape index (κ3) is 2.15. The van der Waals surface area contributed by atoms with E-state index in [-0.39, 0.29) is 18.9 Å². The second kappa shape index (κ2) is 3.39. The van der Waals surface area contributed by atoms with Gasteiger partial charge in [0.1, 0.15) is 0 Å². The molecule has 0 radical (unpaired) electrons. The van der Waals surface area contributed by atoms with Gasteiger partial charge in [-0.3, -0.25) is 0 Å². The first-order valence-corrected chi connectivity index (χ1v) is 5.94. The largest absolute Gasteiger partial charge is 0.310 e. The molecule has 1 aliphatic heterocycles. The Labute approximate surface area is 81.7 Å². The van der Waals surface area contributed by atoms with Gasteiger partial charge >= 0.3 is 0 Å². The molecule has 0 aromatic rings. The van der Waals surface area contributed by atoms with Gasteiger partial charge in [-0.25, -0.2) is 8.78 Å². The van der Waals surface area contributed by atoms with Crippen LogP contribution in [0.5, 0.6) is 0 Å². The minimum atomic E-state index is -2.38. The SMILES string of the molecule is CC1CSCC1NC1CC(F)(F)C1. The molecule has 0 bridgehead atoms. The lowest BCUT2D eigenvalue weighted by molar-refractivity contribution is -0.0949. The first-order valence-electron chi connectivity index (χ1n) is 4.78. The highest BCUT2D eigenvalue weighted by Gasteiger charge is 2.46. The Morgan fingerprint density at radius 3 is 2.46 bits per heavy atom. The number of hydrogen-bond donors (Lipinski definition) is 1. The average Bonchev–Trinajstić information content (AvgIpc) is 2.33. The maximum atomic E-state index is 12.5. The van der Waals surface area contributed by atoms with Crippen LogP contribution in [0.25, 0.3) is 0 Å². The maximum Gasteiger partial charge on any atom is 0.251 e. The molecule has 2 fully saturated rings. The third-order valence-corrected chi connectivity index (χ3v) is 4.26. The number of hydrogen-bond acceptors (Lipinski definition) is 2. The van der Waals surface area contributed by atoms with Gasteiger partial charge in [0.2, 0.25) is 0 Å². The zero-order valence-corrected chi connectivity index (χ0v) is 8.54. The van der Waals surface area contributed by atoms with Crippen molar-refractivity contribution >= 4 is 11.8 Å². The number of nitrogens with one attached hydrogen (secondary N) is 1. The fourth-order valence-electron chi connectivity index (χ4n) is 1.96. The van der Waals surface area contributed by atoms with Gasteiger partial charge in [-0.05, 0) is 11.7 Å². The van der Waals surface area contributed by atoms with Gasteiger partial charge in [0.05, 0.1) is 0 Å². The van der Waals surface area contributed by atoms with E-state index < -0.39 is 5.92 Å². The number of rotatable bonds is 2. The van der Waals surface area contributed by atoms with E-state index in [9.17, 15) is 8.78 Å². The summed E-state index contributed by atoms with van der Waals surface area (Å²) in [7, 11) is 0. The van der Waals surface area contributed by atoms with Crippen molar-refractivity contribution in [2.24, 2.45) is 5.92 Å². The summed E-state index contributed by atoms with van der Waals surface area (Å²) >= 11 is 1.92. The zero-order chi connectivity index (χ0) is 9.47. The van der Waals surface area contributed by atoms with Crippen LogP contribution in [0.3, 0.4) is 0 Å². The topological polar surface area (TPSA) is 12.0 Å². The van der Waals surface area contributed by atoms with Crippen LogP contribution in [0.4, 0.5) is 8.78 Å². The molecule has 1 nitrogen and oxygen atoms in total. The Hall–Kier alpha value is 0.170. The molecule has 1 saturated carbocycles. The highest BCUT2D eigenvalue weighted by Crippen LogP contribution is 2.38. The van der Waals surface area contributed by atoms with Crippen LogP contribution in [0.1, 0.15) is 19.8 Å². The monoisotopic (exact) mass is 207 g/mol. The van der Waals surface area contributed by atoms with Crippen molar-refractivity contribution in [2.75, 3.05) is 11.5 Å². The molecule has 2 unspecified atom stereocenters. The van der Waals surface area contributed by atoms with E-state index in [2.05, 4.69) is 12.2 Å². The van der Waals surface area contributed by atoms with Crippen molar-refractivity contribution in [3.8, 4) is 0 Å². The molecule has 76 valence electrons. The van der Waals surface area contributed by atoms with Crippen molar-refractivity contribution in [3.63, 3.8) is 0 Å². The molecular formula is C9H15F2NS. The molecule has 2 aliphatic rings. The number of thioether (sulfide) groups is 1. The lowest BCUT2D eigenvalue weighted by Gasteiger charge is -2.38. The molecule has 1 saturated heterocycles. The minimum absolute atomic E-state index is 0.0425. The molecule has 0 aromatic heterocycles. The lowest BCUT2D eigenvalue weighted by Crippen LogP contribution is -2.53. The molecule has 1 N–H and O–H groups in total. The molecule has 4 heteroatoms. The second-order valence-electron chi connectivity index (χ2n) is 4.25. The van der Waals surface area contributed by atoms with Crippen molar-refractivity contribution in [1.82, 2.24) is 5.32 Å². The minimum Gasteiger partial charge on any atom is -0.310 e. The van der Waals surface area contributed by atoms with Gasteiger partial charge in [0.25, 0.3) is 5.92 Å². The molecular weight excluding hydrogens is 192 g/mol. The summed E-state index contributed by atoms with van der Waals surface area (Å²) in [6.07, 6.45) is 0.0851. The summed E-state index contributed by atoms with van der Waals surface area (Å²) in [6, 6.07) is 0.534. The van der Waals surface area contributed by atoms with Gasteiger partial charge in [0, 0.05) is 30.7 Å². The van der Waals surface area contributed by atoms with Gasteiger partial charge in [-0.1, -0.05) is 6.92 Å². The quantitative estimate of drug-likeness (QED) is 0.744. The van der Waals surface area contributed by atoms with Crippen molar-refractivity contribution < 1.29 is 8.78 Å². The van der Waals surface area contributed by atoms with E-state index in [0.29, 0.717) is 12.0 Å². The van der Waals surface area contributed by atoms with E-state index in [1.165, 1.54) is 5.75 Å². The summed E-state index contributed by atoms with van der Waals surface area (Å²) in [6.45, 7) is 2.19. The highest BCUT2D eigenvalue weighted by atomic mass is 32.2. The van der Waals surface area contributed by atoms with Crippen LogP contribution >= 0.6 is 11.8 Å². The Balaban J connectivity index is 1.74. The Morgan fingerprint density at radius 1 is 1.31 bits per heavy atom. The fourth-order valence-corrected chi connectivity index (χ4v) is 3.37. The molecule has 0 spiro atoms. The summed E-state index contributed by atoms with van der Waals surface area (Å²) in [5, 5.41) is 3.32. The van der Waals surface area contributed by atoms with Gasteiger partial charge in [0.15, 0.2) is 0 Å². The summed E-state index contributed by atoms with van der Waals surface area (Å²) in [4.78, 5) is 0. The number of alkyl halides is 2. The van der Waals surface area contributed by atoms with Crippen LogP contribution in [0.2, 0.25) is 0 Å². The predicted octanol–water partition coefficient (Wildman–Crippen LogP) is 2.13. The van der Waals surface area contributed by atoms with Crippen LogP contribution in [-0.2, 0) is 0 Å². The van der Waals surface area contributed by atoms with E-state index in [0.717, 1.165) is 5.75 Å². The Bertz CT molecular complexity index is 190. The normalized spacial score (nSPS) is 39.0. The Morgan fingerprint density at radius 2 is 2.00 bits per heavy atom. The molecule has 0 aromatic carbocycles. The Kier molecular flexibility index (Phi) is 2.53. The molecule has 0 amide bonds. The molecule has 2 atom stereocenters. The van der Waals surface area contributed by atoms with E-state index in [4.69, 9.17) is 0 Å². The maximum absolute atomic E-state index is 12.5. The smallest absolute Gasteiger partial charge is 0.251 e. The lowest BCUT2D eigenvalue weighted by atomic mass is 9.87. The molecule has 1 heterocycles.